The molecule has 1 saturated carbocycles. The van der Waals surface area contributed by atoms with Gasteiger partial charge in [0.05, 0.1) is 5.69 Å². The zero-order valence-corrected chi connectivity index (χ0v) is 12.0. The van der Waals surface area contributed by atoms with Gasteiger partial charge in [0.2, 0.25) is 0 Å². The smallest absolute Gasteiger partial charge is 0.106 e. The van der Waals surface area contributed by atoms with Crippen LogP contribution in [0.4, 0.5) is 0 Å². The third-order valence-electron chi connectivity index (χ3n) is 3.73. The van der Waals surface area contributed by atoms with Crippen LogP contribution in [0, 0.1) is 5.92 Å². The van der Waals surface area contributed by atoms with Crippen molar-refractivity contribution in [1.29, 1.82) is 0 Å². The molecule has 3 heteroatoms. The number of rotatable bonds is 4. The predicted molar refractivity (Wildman–Crippen MR) is 74.8 cm³/mol. The van der Waals surface area contributed by atoms with Crippen LogP contribution in [0.3, 0.4) is 0 Å². The van der Waals surface area contributed by atoms with Crippen molar-refractivity contribution in [2.24, 2.45) is 5.92 Å². The van der Waals surface area contributed by atoms with E-state index in [9.17, 15) is 0 Å². The summed E-state index contributed by atoms with van der Waals surface area (Å²) in [5, 5.41) is 3.61. The maximum Gasteiger partial charge on any atom is 0.106 e. The zero-order chi connectivity index (χ0) is 12.1. The van der Waals surface area contributed by atoms with Crippen molar-refractivity contribution < 1.29 is 0 Å². The van der Waals surface area contributed by atoms with Gasteiger partial charge in [0, 0.05) is 12.6 Å². The molecular formula is C14H21BrN2. The average molecular weight is 297 g/mol. The number of nitrogens with one attached hydrogen (secondary N) is 1. The summed E-state index contributed by atoms with van der Waals surface area (Å²) in [4.78, 5) is 4.44. The Morgan fingerprint density at radius 2 is 2.12 bits per heavy atom. The lowest BCUT2D eigenvalue weighted by Crippen LogP contribution is -2.34. The summed E-state index contributed by atoms with van der Waals surface area (Å²) in [6.07, 6.45) is 7.02. The van der Waals surface area contributed by atoms with Gasteiger partial charge in [-0.1, -0.05) is 25.3 Å². The van der Waals surface area contributed by atoms with E-state index in [0.29, 0.717) is 6.04 Å². The minimum absolute atomic E-state index is 0.607. The molecule has 1 fully saturated rings. The van der Waals surface area contributed by atoms with Crippen LogP contribution in [0.1, 0.15) is 44.7 Å². The van der Waals surface area contributed by atoms with Gasteiger partial charge in [-0.05, 0) is 53.7 Å². The van der Waals surface area contributed by atoms with Gasteiger partial charge >= 0.3 is 0 Å². The normalized spacial score (nSPS) is 19.2. The molecule has 94 valence electrons. The number of halogens is 1. The molecule has 1 aromatic rings. The summed E-state index contributed by atoms with van der Waals surface area (Å²) in [6, 6.07) is 6.69. The molecule has 2 rings (SSSR count). The molecule has 1 aromatic heterocycles. The van der Waals surface area contributed by atoms with Gasteiger partial charge in [-0.25, -0.2) is 4.98 Å². The molecule has 0 radical (unpaired) electrons. The maximum atomic E-state index is 4.44. The highest BCUT2D eigenvalue weighted by atomic mass is 79.9. The first-order valence-corrected chi connectivity index (χ1v) is 7.40. The molecule has 0 aromatic carbocycles. The fourth-order valence-electron chi connectivity index (χ4n) is 2.62. The third-order valence-corrected chi connectivity index (χ3v) is 4.18. The highest BCUT2D eigenvalue weighted by Crippen LogP contribution is 2.26. The van der Waals surface area contributed by atoms with E-state index in [1.807, 2.05) is 12.1 Å². The van der Waals surface area contributed by atoms with Crippen molar-refractivity contribution in [3.8, 4) is 0 Å². The van der Waals surface area contributed by atoms with E-state index in [2.05, 4.69) is 39.2 Å². The molecule has 0 saturated heterocycles. The SMILES string of the molecule is CC(NCc1cccc(Br)n1)C1CCCCC1. The highest BCUT2D eigenvalue weighted by molar-refractivity contribution is 9.10. The maximum absolute atomic E-state index is 4.44. The minimum atomic E-state index is 0.607. The highest BCUT2D eigenvalue weighted by Gasteiger charge is 2.19. The lowest BCUT2D eigenvalue weighted by atomic mass is 9.84. The number of hydrogen-bond donors (Lipinski definition) is 1. The summed E-state index contributed by atoms with van der Waals surface area (Å²) in [7, 11) is 0. The fraction of sp³-hybridized carbons (Fsp3) is 0.643. The first kappa shape index (κ1) is 13.0. The molecule has 0 aliphatic heterocycles. The second-order valence-corrected chi connectivity index (χ2v) is 5.83. The Bertz CT molecular complexity index is 348. The molecule has 0 amide bonds. The van der Waals surface area contributed by atoms with Gasteiger partial charge in [-0.15, -0.1) is 0 Å². The molecule has 17 heavy (non-hydrogen) atoms. The van der Waals surface area contributed by atoms with E-state index >= 15 is 0 Å². The largest absolute Gasteiger partial charge is 0.308 e. The molecule has 1 N–H and O–H groups in total. The monoisotopic (exact) mass is 296 g/mol. The summed E-state index contributed by atoms with van der Waals surface area (Å²) in [6.45, 7) is 3.19. The Balaban J connectivity index is 1.80. The third kappa shape index (κ3) is 4.07. The average Bonchev–Trinajstić information content (AvgIpc) is 2.37. The molecule has 2 nitrogen and oxygen atoms in total. The molecular weight excluding hydrogens is 276 g/mol. The first-order valence-electron chi connectivity index (χ1n) is 6.60. The Kier molecular flexibility index (Phi) is 4.99. The van der Waals surface area contributed by atoms with Crippen molar-refractivity contribution in [2.45, 2.75) is 51.6 Å². The molecule has 1 unspecified atom stereocenters. The molecule has 1 atom stereocenters. The van der Waals surface area contributed by atoms with Gasteiger partial charge in [-0.3, -0.25) is 0 Å². The Labute approximate surface area is 112 Å². The van der Waals surface area contributed by atoms with Gasteiger partial charge in [0.15, 0.2) is 0 Å². The summed E-state index contributed by atoms with van der Waals surface area (Å²) >= 11 is 3.41. The van der Waals surface area contributed by atoms with Gasteiger partial charge in [-0.2, -0.15) is 0 Å². The quantitative estimate of drug-likeness (QED) is 0.853. The minimum Gasteiger partial charge on any atom is -0.308 e. The molecule has 0 bridgehead atoms. The standard InChI is InChI=1S/C14H21BrN2/c1-11(12-6-3-2-4-7-12)16-10-13-8-5-9-14(15)17-13/h5,8-9,11-12,16H,2-4,6-7,10H2,1H3. The van der Waals surface area contributed by atoms with Crippen LogP contribution in [0.5, 0.6) is 0 Å². The lowest BCUT2D eigenvalue weighted by Gasteiger charge is -2.28. The number of nitrogens with zero attached hydrogens (tertiary/aromatic N) is 1. The van der Waals surface area contributed by atoms with E-state index in [0.717, 1.165) is 22.8 Å². The number of hydrogen-bond acceptors (Lipinski definition) is 2. The molecule has 1 aliphatic rings. The van der Waals surface area contributed by atoms with Crippen LogP contribution in [0.2, 0.25) is 0 Å². The molecule has 0 spiro atoms. The van der Waals surface area contributed by atoms with Gasteiger partial charge in [0.1, 0.15) is 4.60 Å². The Hall–Kier alpha value is -0.410. The zero-order valence-electron chi connectivity index (χ0n) is 10.5. The van der Waals surface area contributed by atoms with E-state index in [1.165, 1.54) is 32.1 Å². The van der Waals surface area contributed by atoms with Crippen molar-refractivity contribution in [3.05, 3.63) is 28.5 Å². The Morgan fingerprint density at radius 3 is 2.82 bits per heavy atom. The van der Waals surface area contributed by atoms with Crippen LogP contribution < -0.4 is 5.32 Å². The Morgan fingerprint density at radius 1 is 1.35 bits per heavy atom. The van der Waals surface area contributed by atoms with E-state index in [1.54, 1.807) is 0 Å². The first-order chi connectivity index (χ1) is 8.25. The molecule has 1 aliphatic carbocycles. The second kappa shape index (κ2) is 6.50. The predicted octanol–water partition coefficient (Wildman–Crippen LogP) is 3.90. The summed E-state index contributed by atoms with van der Waals surface area (Å²) < 4.78 is 0.919. The molecule has 1 heterocycles. The second-order valence-electron chi connectivity index (χ2n) is 5.02. The van der Waals surface area contributed by atoms with Gasteiger partial charge < -0.3 is 5.32 Å². The van der Waals surface area contributed by atoms with Crippen LogP contribution in [-0.4, -0.2) is 11.0 Å². The van der Waals surface area contributed by atoms with E-state index < -0.39 is 0 Å². The van der Waals surface area contributed by atoms with Crippen molar-refractivity contribution in [2.75, 3.05) is 0 Å². The van der Waals surface area contributed by atoms with Gasteiger partial charge in [0.25, 0.3) is 0 Å². The van der Waals surface area contributed by atoms with E-state index in [-0.39, 0.29) is 0 Å². The summed E-state index contributed by atoms with van der Waals surface area (Å²) in [5.41, 5.74) is 1.11. The summed E-state index contributed by atoms with van der Waals surface area (Å²) in [5.74, 6) is 0.857. The van der Waals surface area contributed by atoms with Crippen LogP contribution in [-0.2, 0) is 6.54 Å². The fourth-order valence-corrected chi connectivity index (χ4v) is 3.00. The van der Waals surface area contributed by atoms with Crippen molar-refractivity contribution in [1.82, 2.24) is 10.3 Å². The van der Waals surface area contributed by atoms with E-state index in [4.69, 9.17) is 0 Å². The number of pyridine rings is 1. The van der Waals surface area contributed by atoms with Crippen molar-refractivity contribution >= 4 is 15.9 Å². The van der Waals surface area contributed by atoms with Crippen molar-refractivity contribution in [3.63, 3.8) is 0 Å². The van der Waals surface area contributed by atoms with Crippen LogP contribution in [0.15, 0.2) is 22.8 Å². The van der Waals surface area contributed by atoms with Crippen LogP contribution in [0.25, 0.3) is 0 Å². The van der Waals surface area contributed by atoms with Crippen LogP contribution >= 0.6 is 15.9 Å². The topological polar surface area (TPSA) is 24.9 Å². The lowest BCUT2D eigenvalue weighted by molar-refractivity contribution is 0.280. The number of aromatic nitrogens is 1.